The van der Waals surface area contributed by atoms with E-state index in [1.54, 1.807) is 6.92 Å². The molecule has 2 nitrogen and oxygen atoms in total. The van der Waals surface area contributed by atoms with Crippen molar-refractivity contribution in [2.75, 3.05) is 0 Å². The van der Waals surface area contributed by atoms with Crippen LogP contribution in [0.1, 0.15) is 31.7 Å². The van der Waals surface area contributed by atoms with Crippen LogP contribution in [0.4, 0.5) is 0 Å². The zero-order chi connectivity index (χ0) is 12.0. The summed E-state index contributed by atoms with van der Waals surface area (Å²) in [5.74, 6) is 2.38. The van der Waals surface area contributed by atoms with E-state index in [9.17, 15) is 4.79 Å². The largest absolute Gasteiger partial charge is 0.342 e. The first kappa shape index (κ1) is 12.3. The van der Waals surface area contributed by atoms with E-state index >= 15 is 0 Å². The highest BCUT2D eigenvalue weighted by molar-refractivity contribution is 5.84. The van der Waals surface area contributed by atoms with E-state index in [0.717, 1.165) is 12.0 Å². The van der Waals surface area contributed by atoms with Crippen LogP contribution in [0.3, 0.4) is 0 Å². The molecule has 0 radical (unpaired) electrons. The van der Waals surface area contributed by atoms with Crippen molar-refractivity contribution in [2.24, 2.45) is 0 Å². The van der Waals surface area contributed by atoms with E-state index in [-0.39, 0.29) is 17.9 Å². The van der Waals surface area contributed by atoms with Crippen LogP contribution in [0.25, 0.3) is 0 Å². The molecule has 0 fully saturated rings. The van der Waals surface area contributed by atoms with Crippen LogP contribution >= 0.6 is 0 Å². The van der Waals surface area contributed by atoms with Crippen LogP contribution in [0.15, 0.2) is 30.3 Å². The second-order valence-corrected chi connectivity index (χ2v) is 3.77. The maximum absolute atomic E-state index is 11.9. The van der Waals surface area contributed by atoms with Gasteiger partial charge in [0.15, 0.2) is 0 Å². The molecular weight excluding hydrogens is 198 g/mol. The molecule has 0 bridgehead atoms. The number of carbonyl (C=O) groups is 1. The molecule has 0 saturated carbocycles. The van der Waals surface area contributed by atoms with Crippen LogP contribution in [0, 0.1) is 12.3 Å². The third-order valence-electron chi connectivity index (χ3n) is 2.54. The molecule has 1 aromatic carbocycles. The minimum absolute atomic E-state index is 0.000787. The molecule has 0 aliphatic heterocycles. The van der Waals surface area contributed by atoms with Gasteiger partial charge in [-0.15, -0.1) is 6.42 Å². The first-order valence-electron chi connectivity index (χ1n) is 5.50. The predicted molar refractivity (Wildman–Crippen MR) is 65.9 cm³/mol. The number of carbonyl (C=O) groups excluding carboxylic acids is 1. The first-order valence-corrected chi connectivity index (χ1v) is 5.50. The molecule has 0 heterocycles. The van der Waals surface area contributed by atoms with Crippen LogP contribution in [0.5, 0.6) is 0 Å². The van der Waals surface area contributed by atoms with Crippen molar-refractivity contribution in [1.29, 1.82) is 0 Å². The summed E-state index contributed by atoms with van der Waals surface area (Å²) in [6, 6.07) is 9.54. The standard InChI is InChI=1S/C14H17NO/c1-4-11(3)15-14(16)13(5-2)12-9-7-6-8-10-12/h1,6-11,13H,5H2,2-3H3,(H,15,16). The third kappa shape index (κ3) is 3.13. The average molecular weight is 215 g/mol. The molecule has 84 valence electrons. The van der Waals surface area contributed by atoms with Crippen molar-refractivity contribution in [2.45, 2.75) is 32.2 Å². The van der Waals surface area contributed by atoms with Gasteiger partial charge in [-0.1, -0.05) is 43.2 Å². The summed E-state index contributed by atoms with van der Waals surface area (Å²) in [6.07, 6.45) is 6.01. The molecule has 0 aliphatic rings. The molecule has 0 spiro atoms. The molecule has 0 aromatic heterocycles. The van der Waals surface area contributed by atoms with Crippen molar-refractivity contribution >= 4 is 5.91 Å². The highest BCUT2D eigenvalue weighted by atomic mass is 16.1. The van der Waals surface area contributed by atoms with Crippen molar-refractivity contribution < 1.29 is 4.79 Å². The van der Waals surface area contributed by atoms with E-state index < -0.39 is 0 Å². The zero-order valence-electron chi connectivity index (χ0n) is 9.73. The first-order chi connectivity index (χ1) is 7.69. The van der Waals surface area contributed by atoms with Gasteiger partial charge in [-0.25, -0.2) is 0 Å². The topological polar surface area (TPSA) is 29.1 Å². The molecule has 16 heavy (non-hydrogen) atoms. The van der Waals surface area contributed by atoms with Gasteiger partial charge in [0, 0.05) is 0 Å². The van der Waals surface area contributed by atoms with Gasteiger partial charge < -0.3 is 5.32 Å². The number of rotatable bonds is 4. The maximum atomic E-state index is 11.9. The molecule has 0 aliphatic carbocycles. The number of hydrogen-bond acceptors (Lipinski definition) is 1. The monoisotopic (exact) mass is 215 g/mol. The Bertz CT molecular complexity index is 377. The molecular formula is C14H17NO. The third-order valence-corrected chi connectivity index (χ3v) is 2.54. The molecule has 1 aromatic rings. The summed E-state index contributed by atoms with van der Waals surface area (Å²) in [5, 5.41) is 2.80. The lowest BCUT2D eigenvalue weighted by atomic mass is 9.95. The number of terminal acetylenes is 1. The summed E-state index contributed by atoms with van der Waals surface area (Å²) >= 11 is 0. The highest BCUT2D eigenvalue weighted by Crippen LogP contribution is 2.19. The smallest absolute Gasteiger partial charge is 0.228 e. The lowest BCUT2D eigenvalue weighted by Crippen LogP contribution is -2.35. The lowest BCUT2D eigenvalue weighted by molar-refractivity contribution is -0.122. The maximum Gasteiger partial charge on any atom is 0.228 e. The molecule has 0 saturated heterocycles. The summed E-state index contributed by atoms with van der Waals surface area (Å²) in [5.41, 5.74) is 1.03. The van der Waals surface area contributed by atoms with E-state index in [4.69, 9.17) is 6.42 Å². The van der Waals surface area contributed by atoms with Crippen molar-refractivity contribution in [3.8, 4) is 12.3 Å². The molecule has 2 heteroatoms. The molecule has 2 unspecified atom stereocenters. The van der Waals surface area contributed by atoms with Crippen molar-refractivity contribution in [1.82, 2.24) is 5.32 Å². The number of benzene rings is 1. The van der Waals surface area contributed by atoms with Gasteiger partial charge in [-0.05, 0) is 18.9 Å². The Morgan fingerprint density at radius 3 is 2.56 bits per heavy atom. The molecule has 1 amide bonds. The minimum atomic E-state index is -0.217. The lowest BCUT2D eigenvalue weighted by Gasteiger charge is -2.16. The van der Waals surface area contributed by atoms with Gasteiger partial charge in [0.25, 0.3) is 0 Å². The Hall–Kier alpha value is -1.75. The van der Waals surface area contributed by atoms with Crippen molar-refractivity contribution in [3.05, 3.63) is 35.9 Å². The van der Waals surface area contributed by atoms with Gasteiger partial charge in [0.05, 0.1) is 12.0 Å². The summed E-state index contributed by atoms with van der Waals surface area (Å²) < 4.78 is 0. The Kier molecular flexibility index (Phi) is 4.60. The van der Waals surface area contributed by atoms with Crippen LogP contribution < -0.4 is 5.32 Å². The highest BCUT2D eigenvalue weighted by Gasteiger charge is 2.18. The molecule has 1 rings (SSSR count). The Labute approximate surface area is 97.1 Å². The predicted octanol–water partition coefficient (Wildman–Crippen LogP) is 2.32. The fourth-order valence-corrected chi connectivity index (χ4v) is 1.61. The van der Waals surface area contributed by atoms with E-state index in [1.165, 1.54) is 0 Å². The SMILES string of the molecule is C#CC(C)NC(=O)C(CC)c1ccccc1. The van der Waals surface area contributed by atoms with Gasteiger partial charge in [0.2, 0.25) is 5.91 Å². The Morgan fingerprint density at radius 1 is 1.44 bits per heavy atom. The van der Waals surface area contributed by atoms with Gasteiger partial charge in [0.1, 0.15) is 0 Å². The Morgan fingerprint density at radius 2 is 2.06 bits per heavy atom. The van der Waals surface area contributed by atoms with Gasteiger partial charge >= 0.3 is 0 Å². The van der Waals surface area contributed by atoms with Gasteiger partial charge in [-0.2, -0.15) is 0 Å². The second-order valence-electron chi connectivity index (χ2n) is 3.77. The van der Waals surface area contributed by atoms with E-state index in [2.05, 4.69) is 11.2 Å². The minimum Gasteiger partial charge on any atom is -0.342 e. The zero-order valence-corrected chi connectivity index (χ0v) is 9.73. The van der Waals surface area contributed by atoms with Crippen LogP contribution in [0.2, 0.25) is 0 Å². The van der Waals surface area contributed by atoms with Crippen molar-refractivity contribution in [3.63, 3.8) is 0 Å². The van der Waals surface area contributed by atoms with Crippen LogP contribution in [-0.2, 0) is 4.79 Å². The van der Waals surface area contributed by atoms with Gasteiger partial charge in [-0.3, -0.25) is 4.79 Å². The second kappa shape index (κ2) is 5.97. The number of nitrogens with one attached hydrogen (secondary N) is 1. The quantitative estimate of drug-likeness (QED) is 0.767. The summed E-state index contributed by atoms with van der Waals surface area (Å²) in [4.78, 5) is 11.9. The fourth-order valence-electron chi connectivity index (χ4n) is 1.61. The number of hydrogen-bond donors (Lipinski definition) is 1. The normalized spacial score (nSPS) is 13.6. The van der Waals surface area contributed by atoms with E-state index in [0.29, 0.717) is 0 Å². The summed E-state index contributed by atoms with van der Waals surface area (Å²) in [6.45, 7) is 3.80. The number of amides is 1. The van der Waals surface area contributed by atoms with E-state index in [1.807, 2.05) is 37.3 Å². The molecule has 2 atom stereocenters. The summed E-state index contributed by atoms with van der Waals surface area (Å²) in [7, 11) is 0. The molecule has 1 N–H and O–H groups in total. The Balaban J connectivity index is 2.76. The fraction of sp³-hybridized carbons (Fsp3) is 0.357. The average Bonchev–Trinajstić information content (AvgIpc) is 2.31. The van der Waals surface area contributed by atoms with Crippen LogP contribution in [-0.4, -0.2) is 11.9 Å².